The van der Waals surface area contributed by atoms with Crippen molar-refractivity contribution >= 4 is 11.7 Å². The van der Waals surface area contributed by atoms with Crippen molar-refractivity contribution < 1.29 is 14.3 Å². The second kappa shape index (κ2) is 9.38. The van der Waals surface area contributed by atoms with Gasteiger partial charge in [-0.2, -0.15) is 14.9 Å². The van der Waals surface area contributed by atoms with Crippen molar-refractivity contribution in [3.63, 3.8) is 0 Å². The monoisotopic (exact) mass is 468 g/mol. The minimum atomic E-state index is -0.230. The van der Waals surface area contributed by atoms with Crippen LogP contribution in [0.3, 0.4) is 0 Å². The molecule has 1 amide bonds. The van der Waals surface area contributed by atoms with Crippen molar-refractivity contribution in [3.8, 4) is 28.7 Å². The summed E-state index contributed by atoms with van der Waals surface area (Å²) in [6, 6.07) is 15.2. The van der Waals surface area contributed by atoms with Crippen molar-refractivity contribution in [3.05, 3.63) is 84.2 Å². The van der Waals surface area contributed by atoms with Crippen LogP contribution in [-0.4, -0.2) is 44.6 Å². The molecule has 0 fully saturated rings. The molecule has 1 unspecified atom stereocenters. The lowest BCUT2D eigenvalue weighted by atomic mass is 9.85. The Morgan fingerprint density at radius 2 is 2.00 bits per heavy atom. The van der Waals surface area contributed by atoms with Gasteiger partial charge in [0.15, 0.2) is 0 Å². The average molecular weight is 469 g/mol. The van der Waals surface area contributed by atoms with Gasteiger partial charge >= 0.3 is 0 Å². The fourth-order valence-corrected chi connectivity index (χ4v) is 4.29. The number of aromatic nitrogens is 5. The first-order valence-electron chi connectivity index (χ1n) is 11.2. The van der Waals surface area contributed by atoms with Gasteiger partial charge in [-0.3, -0.25) is 4.79 Å². The first kappa shape index (κ1) is 22.3. The predicted octanol–water partition coefficient (Wildman–Crippen LogP) is 4.08. The number of fused-ring (bicyclic) bond motifs is 1. The van der Waals surface area contributed by atoms with Crippen molar-refractivity contribution in [2.75, 3.05) is 19.0 Å². The molecule has 3 heterocycles. The standard InChI is InChI=1S/C26H24N6O3/c1-4-13-35-22-8-6-5-7-19(22)20-14-23(33)29-25-24(20)16(2)31-32(25)26-28-21(15-27-30-26)17-9-11-18(34-3)12-10-17/h4-12,15,20H,1,13-14H2,2-3H3,(H,29,33). The summed E-state index contributed by atoms with van der Waals surface area (Å²) in [5.41, 5.74) is 4.06. The minimum absolute atomic E-state index is 0.124. The molecule has 0 aliphatic carbocycles. The first-order chi connectivity index (χ1) is 17.1. The van der Waals surface area contributed by atoms with E-state index in [9.17, 15) is 4.79 Å². The van der Waals surface area contributed by atoms with Crippen molar-refractivity contribution in [2.24, 2.45) is 0 Å². The maximum absolute atomic E-state index is 12.8. The third kappa shape index (κ3) is 4.23. The smallest absolute Gasteiger partial charge is 0.272 e. The zero-order valence-electron chi connectivity index (χ0n) is 19.4. The molecule has 0 bridgehead atoms. The fourth-order valence-electron chi connectivity index (χ4n) is 4.29. The molecule has 1 aliphatic rings. The van der Waals surface area contributed by atoms with E-state index in [0.29, 0.717) is 23.9 Å². The summed E-state index contributed by atoms with van der Waals surface area (Å²) in [4.78, 5) is 17.5. The molecule has 2 aromatic heterocycles. The molecule has 2 aromatic carbocycles. The number of nitrogens with one attached hydrogen (secondary N) is 1. The van der Waals surface area contributed by atoms with E-state index in [4.69, 9.17) is 9.47 Å². The summed E-state index contributed by atoms with van der Waals surface area (Å²) in [7, 11) is 1.62. The molecule has 1 N–H and O–H groups in total. The highest BCUT2D eigenvalue weighted by Gasteiger charge is 2.34. The lowest BCUT2D eigenvalue weighted by Gasteiger charge is -2.25. The van der Waals surface area contributed by atoms with Crippen molar-refractivity contribution in [1.82, 2.24) is 25.0 Å². The number of ether oxygens (including phenoxy) is 2. The highest BCUT2D eigenvalue weighted by atomic mass is 16.5. The van der Waals surface area contributed by atoms with Crippen molar-refractivity contribution in [2.45, 2.75) is 19.3 Å². The van der Waals surface area contributed by atoms with Gasteiger partial charge in [-0.05, 0) is 37.3 Å². The van der Waals surface area contributed by atoms with E-state index in [0.717, 1.165) is 28.1 Å². The number of benzene rings is 2. The molecule has 5 rings (SSSR count). The van der Waals surface area contributed by atoms with Crippen LogP contribution in [0.4, 0.5) is 5.82 Å². The zero-order valence-corrected chi connectivity index (χ0v) is 19.4. The molecule has 0 saturated heterocycles. The molecule has 9 nitrogen and oxygen atoms in total. The maximum Gasteiger partial charge on any atom is 0.272 e. The van der Waals surface area contributed by atoms with Crippen molar-refractivity contribution in [1.29, 1.82) is 0 Å². The zero-order chi connectivity index (χ0) is 24.4. The van der Waals surface area contributed by atoms with Gasteiger partial charge < -0.3 is 14.8 Å². The molecule has 0 radical (unpaired) electrons. The number of carbonyl (C=O) groups excluding carboxylic acids is 1. The number of rotatable bonds is 7. The number of carbonyl (C=O) groups is 1. The molecule has 4 aromatic rings. The van der Waals surface area contributed by atoms with E-state index in [1.54, 1.807) is 24.1 Å². The summed E-state index contributed by atoms with van der Waals surface area (Å²) < 4.78 is 12.7. The normalized spacial score (nSPS) is 14.7. The predicted molar refractivity (Wildman–Crippen MR) is 131 cm³/mol. The number of hydrogen-bond donors (Lipinski definition) is 1. The van der Waals surface area contributed by atoms with E-state index < -0.39 is 0 Å². The Bertz CT molecular complexity index is 1400. The molecule has 176 valence electrons. The Kier molecular flexibility index (Phi) is 5.97. The molecule has 35 heavy (non-hydrogen) atoms. The van der Waals surface area contributed by atoms with Gasteiger partial charge in [0.1, 0.15) is 23.9 Å². The van der Waals surface area contributed by atoms with Crippen LogP contribution in [0.1, 0.15) is 29.2 Å². The lowest BCUT2D eigenvalue weighted by Crippen LogP contribution is -2.25. The summed E-state index contributed by atoms with van der Waals surface area (Å²) in [6.45, 7) is 6.01. The van der Waals surface area contributed by atoms with E-state index in [2.05, 4.69) is 32.2 Å². The van der Waals surface area contributed by atoms with Gasteiger partial charge in [0, 0.05) is 29.0 Å². The van der Waals surface area contributed by atoms with Gasteiger partial charge in [-0.15, -0.1) is 5.10 Å². The Labute approximate surface area is 202 Å². The van der Waals surface area contributed by atoms with Gasteiger partial charge in [0.2, 0.25) is 5.91 Å². The summed E-state index contributed by atoms with van der Waals surface area (Å²) in [5, 5.41) is 16.0. The summed E-state index contributed by atoms with van der Waals surface area (Å²) in [6.07, 6.45) is 3.56. The fraction of sp³-hybridized carbons (Fsp3) is 0.192. The SMILES string of the molecule is C=CCOc1ccccc1C1CC(=O)Nc2c1c(C)nn2-c1nncc(-c2ccc(OC)cc2)n1. The second-order valence-corrected chi connectivity index (χ2v) is 8.07. The third-order valence-corrected chi connectivity index (χ3v) is 5.88. The Hall–Kier alpha value is -4.53. The van der Waals surface area contributed by atoms with Crippen LogP contribution in [0.15, 0.2) is 67.4 Å². The van der Waals surface area contributed by atoms with Crippen LogP contribution in [-0.2, 0) is 4.79 Å². The quantitative estimate of drug-likeness (QED) is 0.408. The number of hydrogen-bond acceptors (Lipinski definition) is 7. The van der Waals surface area contributed by atoms with Crippen LogP contribution in [0.2, 0.25) is 0 Å². The van der Waals surface area contributed by atoms with E-state index in [1.807, 2.05) is 55.5 Å². The van der Waals surface area contributed by atoms with Crippen LogP contribution >= 0.6 is 0 Å². The summed E-state index contributed by atoms with van der Waals surface area (Å²) >= 11 is 0. The average Bonchev–Trinajstić information content (AvgIpc) is 3.23. The van der Waals surface area contributed by atoms with Crippen LogP contribution < -0.4 is 14.8 Å². The van der Waals surface area contributed by atoms with E-state index >= 15 is 0 Å². The number of para-hydroxylation sites is 1. The van der Waals surface area contributed by atoms with Gasteiger partial charge in [0.25, 0.3) is 5.95 Å². The number of amides is 1. The number of methoxy groups -OCH3 is 1. The number of nitrogens with zero attached hydrogens (tertiary/aromatic N) is 5. The molecule has 9 heteroatoms. The van der Waals surface area contributed by atoms with E-state index in [1.165, 1.54) is 0 Å². The van der Waals surface area contributed by atoms with Crippen LogP contribution in [0.5, 0.6) is 11.5 Å². The summed E-state index contributed by atoms with van der Waals surface area (Å²) in [5.74, 6) is 1.91. The maximum atomic E-state index is 12.8. The van der Waals surface area contributed by atoms with Crippen LogP contribution in [0, 0.1) is 6.92 Å². The largest absolute Gasteiger partial charge is 0.497 e. The Morgan fingerprint density at radius 1 is 1.20 bits per heavy atom. The molecule has 0 spiro atoms. The number of anilines is 1. The topological polar surface area (TPSA) is 104 Å². The molecule has 1 aliphatic heterocycles. The highest BCUT2D eigenvalue weighted by molar-refractivity contribution is 5.95. The second-order valence-electron chi connectivity index (χ2n) is 8.07. The first-order valence-corrected chi connectivity index (χ1v) is 11.2. The minimum Gasteiger partial charge on any atom is -0.497 e. The van der Waals surface area contributed by atoms with Gasteiger partial charge in [-0.25, -0.2) is 4.98 Å². The molecule has 1 atom stereocenters. The Balaban J connectivity index is 1.58. The van der Waals surface area contributed by atoms with Gasteiger partial charge in [-0.1, -0.05) is 30.9 Å². The molecule has 0 saturated carbocycles. The third-order valence-electron chi connectivity index (χ3n) is 5.88. The number of aryl methyl sites for hydroxylation is 1. The lowest BCUT2D eigenvalue weighted by molar-refractivity contribution is -0.116. The molecular formula is C26H24N6O3. The van der Waals surface area contributed by atoms with E-state index in [-0.39, 0.29) is 24.2 Å². The van der Waals surface area contributed by atoms with Gasteiger partial charge in [0.05, 0.1) is 24.7 Å². The van der Waals surface area contributed by atoms with Crippen LogP contribution in [0.25, 0.3) is 17.2 Å². The molecular weight excluding hydrogens is 444 g/mol. The Morgan fingerprint density at radius 3 is 2.77 bits per heavy atom. The highest BCUT2D eigenvalue weighted by Crippen LogP contribution is 2.42.